The highest BCUT2D eigenvalue weighted by molar-refractivity contribution is 5.86. The number of piperazine rings is 1. The van der Waals surface area contributed by atoms with Gasteiger partial charge < -0.3 is 10.2 Å². The summed E-state index contributed by atoms with van der Waals surface area (Å²) in [5.74, 6) is 0.254. The average Bonchev–Trinajstić information content (AvgIpc) is 2.27. The van der Waals surface area contributed by atoms with Gasteiger partial charge in [-0.05, 0) is 33.2 Å². The molecule has 1 unspecified atom stereocenters. The predicted octanol–water partition coefficient (Wildman–Crippen LogP) is 0.291. The third-order valence-corrected chi connectivity index (χ3v) is 3.98. The van der Waals surface area contributed by atoms with Crippen molar-refractivity contribution in [2.24, 2.45) is 0 Å². The van der Waals surface area contributed by atoms with Crippen molar-refractivity contribution in [1.29, 1.82) is 0 Å². The molecule has 2 saturated heterocycles. The number of rotatable bonds is 1. The van der Waals surface area contributed by atoms with Crippen molar-refractivity contribution in [2.75, 3.05) is 33.2 Å². The summed E-state index contributed by atoms with van der Waals surface area (Å²) in [6.07, 6.45) is 2.44. The molecule has 1 amide bonds. The molecule has 0 aromatic carbocycles. The summed E-state index contributed by atoms with van der Waals surface area (Å²) in [6.45, 7) is 8.12. The first-order valence-electron chi connectivity index (χ1n) is 6.26. The third-order valence-electron chi connectivity index (χ3n) is 3.98. The molecular formula is C12H23N3O. The largest absolute Gasteiger partial charge is 0.343 e. The lowest BCUT2D eigenvalue weighted by molar-refractivity contribution is -0.149. The Morgan fingerprint density at radius 2 is 2.12 bits per heavy atom. The molecule has 2 aliphatic rings. The molecule has 1 N–H and O–H groups in total. The van der Waals surface area contributed by atoms with Crippen LogP contribution in [0.5, 0.6) is 0 Å². The first-order valence-corrected chi connectivity index (χ1v) is 6.26. The van der Waals surface area contributed by atoms with Crippen LogP contribution in [0, 0.1) is 0 Å². The summed E-state index contributed by atoms with van der Waals surface area (Å²) in [7, 11) is 1.90. The van der Waals surface area contributed by atoms with Crippen molar-refractivity contribution in [3.8, 4) is 0 Å². The fourth-order valence-corrected chi connectivity index (χ4v) is 2.97. The van der Waals surface area contributed by atoms with E-state index in [1.165, 1.54) is 12.8 Å². The molecule has 0 radical (unpaired) electrons. The minimum atomic E-state index is -0.337. The summed E-state index contributed by atoms with van der Waals surface area (Å²) < 4.78 is 0. The van der Waals surface area contributed by atoms with Crippen LogP contribution < -0.4 is 5.32 Å². The van der Waals surface area contributed by atoms with Crippen molar-refractivity contribution in [1.82, 2.24) is 15.1 Å². The minimum Gasteiger partial charge on any atom is -0.343 e. The Kier molecular flexibility index (Phi) is 3.22. The maximum absolute atomic E-state index is 12.2. The van der Waals surface area contributed by atoms with Gasteiger partial charge in [-0.3, -0.25) is 9.69 Å². The maximum atomic E-state index is 12.2. The first-order chi connectivity index (χ1) is 7.53. The van der Waals surface area contributed by atoms with Gasteiger partial charge in [0.15, 0.2) is 0 Å². The Morgan fingerprint density at radius 3 is 2.75 bits per heavy atom. The summed E-state index contributed by atoms with van der Waals surface area (Å²) in [5.41, 5.74) is -0.337. The number of piperidine rings is 1. The van der Waals surface area contributed by atoms with E-state index in [-0.39, 0.29) is 11.4 Å². The van der Waals surface area contributed by atoms with E-state index in [2.05, 4.69) is 24.1 Å². The Labute approximate surface area is 98.0 Å². The molecular weight excluding hydrogens is 202 g/mol. The van der Waals surface area contributed by atoms with Gasteiger partial charge in [0.2, 0.25) is 5.91 Å². The number of likely N-dealkylation sites (N-methyl/N-ethyl adjacent to an activating group) is 1. The number of nitrogens with zero attached hydrogens (tertiary/aromatic N) is 2. The monoisotopic (exact) mass is 225 g/mol. The summed E-state index contributed by atoms with van der Waals surface area (Å²) >= 11 is 0. The van der Waals surface area contributed by atoms with Crippen LogP contribution in [0.25, 0.3) is 0 Å². The highest BCUT2D eigenvalue weighted by Gasteiger charge is 2.43. The van der Waals surface area contributed by atoms with E-state index in [9.17, 15) is 4.79 Å². The van der Waals surface area contributed by atoms with Gasteiger partial charge in [-0.25, -0.2) is 0 Å². The van der Waals surface area contributed by atoms with Crippen LogP contribution in [0.4, 0.5) is 0 Å². The third kappa shape index (κ3) is 1.96. The minimum absolute atomic E-state index is 0.254. The van der Waals surface area contributed by atoms with Crippen LogP contribution in [0.1, 0.15) is 26.7 Å². The summed E-state index contributed by atoms with van der Waals surface area (Å²) in [6, 6.07) is 0.529. The van der Waals surface area contributed by atoms with Crippen molar-refractivity contribution >= 4 is 5.91 Å². The Hall–Kier alpha value is -0.610. The fraction of sp³-hybridized carbons (Fsp3) is 0.917. The van der Waals surface area contributed by atoms with E-state index in [0.29, 0.717) is 6.04 Å². The van der Waals surface area contributed by atoms with Crippen LogP contribution >= 0.6 is 0 Å². The lowest BCUT2D eigenvalue weighted by Crippen LogP contribution is -2.66. The van der Waals surface area contributed by atoms with Crippen molar-refractivity contribution in [2.45, 2.75) is 38.3 Å². The van der Waals surface area contributed by atoms with Crippen LogP contribution in [0.2, 0.25) is 0 Å². The van der Waals surface area contributed by atoms with Gasteiger partial charge in [-0.2, -0.15) is 0 Å². The fourth-order valence-electron chi connectivity index (χ4n) is 2.97. The SMILES string of the molecule is CN1CCN(C2CCCNC2)C(C)(C)C1=O. The van der Waals surface area contributed by atoms with Crippen LogP contribution in [0.3, 0.4) is 0 Å². The Bertz CT molecular complexity index is 271. The van der Waals surface area contributed by atoms with Crippen molar-refractivity contribution in [3.63, 3.8) is 0 Å². The Morgan fingerprint density at radius 1 is 1.38 bits per heavy atom. The molecule has 0 spiro atoms. The second kappa shape index (κ2) is 4.34. The van der Waals surface area contributed by atoms with Crippen molar-refractivity contribution < 1.29 is 4.79 Å². The second-order valence-corrected chi connectivity index (χ2v) is 5.48. The van der Waals surface area contributed by atoms with E-state index in [1.807, 2.05) is 11.9 Å². The molecule has 2 rings (SSSR count). The van der Waals surface area contributed by atoms with E-state index in [1.54, 1.807) is 0 Å². The van der Waals surface area contributed by atoms with E-state index in [0.717, 1.165) is 26.2 Å². The molecule has 16 heavy (non-hydrogen) atoms. The molecule has 0 aliphatic carbocycles. The van der Waals surface area contributed by atoms with Crippen LogP contribution in [-0.4, -0.2) is 60.5 Å². The van der Waals surface area contributed by atoms with Crippen LogP contribution in [0.15, 0.2) is 0 Å². The molecule has 92 valence electrons. The summed E-state index contributed by atoms with van der Waals surface area (Å²) in [4.78, 5) is 16.4. The molecule has 0 bridgehead atoms. The smallest absolute Gasteiger partial charge is 0.242 e. The maximum Gasteiger partial charge on any atom is 0.242 e. The number of carbonyl (C=O) groups excluding carboxylic acids is 1. The topological polar surface area (TPSA) is 35.6 Å². The highest BCUT2D eigenvalue weighted by Crippen LogP contribution is 2.26. The molecule has 2 aliphatic heterocycles. The zero-order valence-corrected chi connectivity index (χ0v) is 10.6. The molecule has 2 heterocycles. The van der Waals surface area contributed by atoms with Gasteiger partial charge >= 0.3 is 0 Å². The molecule has 0 aromatic rings. The molecule has 4 nitrogen and oxygen atoms in total. The quantitative estimate of drug-likeness (QED) is 0.697. The van der Waals surface area contributed by atoms with Gasteiger partial charge in [-0.1, -0.05) is 0 Å². The van der Waals surface area contributed by atoms with Gasteiger partial charge in [0, 0.05) is 32.7 Å². The lowest BCUT2D eigenvalue weighted by atomic mass is 9.93. The normalized spacial score (nSPS) is 31.8. The molecule has 4 heteroatoms. The standard InChI is InChI=1S/C12H23N3O/c1-12(2)11(16)14(3)7-8-15(12)10-5-4-6-13-9-10/h10,13H,4-9H2,1-3H3. The van der Waals surface area contributed by atoms with E-state index >= 15 is 0 Å². The molecule has 2 fully saturated rings. The number of carbonyl (C=O) groups is 1. The van der Waals surface area contributed by atoms with Gasteiger partial charge in [0.1, 0.15) is 0 Å². The van der Waals surface area contributed by atoms with E-state index < -0.39 is 0 Å². The second-order valence-electron chi connectivity index (χ2n) is 5.48. The lowest BCUT2D eigenvalue weighted by Gasteiger charge is -2.49. The number of nitrogens with one attached hydrogen (secondary N) is 1. The molecule has 1 atom stereocenters. The van der Waals surface area contributed by atoms with Crippen molar-refractivity contribution in [3.05, 3.63) is 0 Å². The highest BCUT2D eigenvalue weighted by atomic mass is 16.2. The zero-order chi connectivity index (χ0) is 11.8. The number of hydrogen-bond acceptors (Lipinski definition) is 3. The number of amides is 1. The average molecular weight is 225 g/mol. The molecule has 0 aromatic heterocycles. The zero-order valence-electron chi connectivity index (χ0n) is 10.6. The van der Waals surface area contributed by atoms with Gasteiger partial charge in [-0.15, -0.1) is 0 Å². The Balaban J connectivity index is 2.11. The summed E-state index contributed by atoms with van der Waals surface area (Å²) in [5, 5.41) is 3.43. The predicted molar refractivity (Wildman–Crippen MR) is 64.3 cm³/mol. The van der Waals surface area contributed by atoms with Gasteiger partial charge in [0.05, 0.1) is 5.54 Å². The van der Waals surface area contributed by atoms with Crippen LogP contribution in [-0.2, 0) is 4.79 Å². The van der Waals surface area contributed by atoms with E-state index in [4.69, 9.17) is 0 Å². The first kappa shape index (κ1) is 11.9. The number of hydrogen-bond donors (Lipinski definition) is 1. The molecule has 0 saturated carbocycles. The van der Waals surface area contributed by atoms with Gasteiger partial charge in [0.25, 0.3) is 0 Å².